The number of pyridine rings is 2. The largest absolute Gasteiger partial charge is 0.508 e. The summed E-state index contributed by atoms with van der Waals surface area (Å²) in [6.45, 7) is 0. The highest BCUT2D eigenvalue weighted by molar-refractivity contribution is 6.18. The molecule has 2 aromatic carbocycles. The Kier molecular flexibility index (Phi) is 2.09. The zero-order valence-electron chi connectivity index (χ0n) is 11.7. The van der Waals surface area contributed by atoms with Crippen LogP contribution in [-0.2, 0) is 0 Å². The number of phenolic OH excluding ortho intramolecular Hbond substituents is 1. The van der Waals surface area contributed by atoms with Crippen LogP contribution in [0.4, 0.5) is 0 Å². The number of nitrogens with zero attached hydrogens (tertiary/aromatic N) is 2. The topological polar surface area (TPSA) is 37.5 Å². The van der Waals surface area contributed by atoms with Crippen molar-refractivity contribution in [1.29, 1.82) is 0 Å². The van der Waals surface area contributed by atoms with Gasteiger partial charge in [-0.15, -0.1) is 0 Å². The molecular weight excluding hydrogens is 272 g/mol. The fraction of sp³-hybridized carbons (Fsp3) is 0. The monoisotopic (exact) mass is 284 g/mol. The van der Waals surface area contributed by atoms with Gasteiger partial charge in [-0.05, 0) is 30.3 Å². The molecule has 3 nitrogen and oxygen atoms in total. The minimum Gasteiger partial charge on any atom is -0.508 e. The van der Waals surface area contributed by atoms with Gasteiger partial charge in [0.2, 0.25) is 0 Å². The summed E-state index contributed by atoms with van der Waals surface area (Å²) >= 11 is 0. The number of hydrogen-bond acceptors (Lipinski definition) is 2. The molecule has 104 valence electrons. The predicted octanol–water partition coefficient (Wildman–Crippen LogP) is 4.50. The Hall–Kier alpha value is -3.07. The second-order valence-corrected chi connectivity index (χ2v) is 5.54. The van der Waals surface area contributed by atoms with E-state index in [1.165, 1.54) is 10.8 Å². The first kappa shape index (κ1) is 11.6. The van der Waals surface area contributed by atoms with Gasteiger partial charge in [0.1, 0.15) is 5.75 Å². The smallest absolute Gasteiger partial charge is 0.116 e. The number of aromatic nitrogens is 2. The number of aromatic hydroxyl groups is 1. The van der Waals surface area contributed by atoms with Crippen LogP contribution in [0.25, 0.3) is 38.1 Å². The van der Waals surface area contributed by atoms with E-state index in [4.69, 9.17) is 0 Å². The Morgan fingerprint density at radius 2 is 1.77 bits per heavy atom. The lowest BCUT2D eigenvalue weighted by molar-refractivity contribution is 0.476. The Morgan fingerprint density at radius 1 is 0.864 bits per heavy atom. The van der Waals surface area contributed by atoms with Crippen molar-refractivity contribution < 1.29 is 5.11 Å². The number of phenols is 1. The second kappa shape index (κ2) is 3.98. The summed E-state index contributed by atoms with van der Waals surface area (Å²) < 4.78 is 2.20. The molecule has 0 fully saturated rings. The summed E-state index contributed by atoms with van der Waals surface area (Å²) in [6.07, 6.45) is 3.95. The fourth-order valence-electron chi connectivity index (χ4n) is 3.36. The van der Waals surface area contributed by atoms with Crippen LogP contribution in [0.5, 0.6) is 5.75 Å². The molecule has 22 heavy (non-hydrogen) atoms. The predicted molar refractivity (Wildman–Crippen MR) is 89.4 cm³/mol. The average molecular weight is 284 g/mol. The molecule has 0 saturated heterocycles. The molecule has 3 heterocycles. The van der Waals surface area contributed by atoms with Crippen LogP contribution in [-0.4, -0.2) is 14.5 Å². The summed E-state index contributed by atoms with van der Waals surface area (Å²) in [5.41, 5.74) is 3.11. The third-order valence-electron chi connectivity index (χ3n) is 4.28. The Labute approximate surface area is 126 Å². The van der Waals surface area contributed by atoms with Gasteiger partial charge in [0.15, 0.2) is 0 Å². The van der Waals surface area contributed by atoms with E-state index in [1.54, 1.807) is 18.3 Å². The molecule has 0 unspecified atom stereocenters. The highest BCUT2D eigenvalue weighted by Gasteiger charge is 2.13. The molecule has 0 spiro atoms. The lowest BCUT2D eigenvalue weighted by Crippen LogP contribution is -1.91. The van der Waals surface area contributed by atoms with Crippen molar-refractivity contribution in [2.75, 3.05) is 0 Å². The lowest BCUT2D eigenvalue weighted by Gasteiger charge is -2.08. The molecule has 0 aliphatic carbocycles. The first-order valence-electron chi connectivity index (χ1n) is 7.22. The Morgan fingerprint density at radius 3 is 2.73 bits per heavy atom. The van der Waals surface area contributed by atoms with Crippen LogP contribution >= 0.6 is 0 Å². The molecule has 0 atom stereocenters. The minimum absolute atomic E-state index is 0.264. The van der Waals surface area contributed by atoms with Crippen LogP contribution < -0.4 is 0 Å². The minimum atomic E-state index is 0.264. The quantitative estimate of drug-likeness (QED) is 0.425. The van der Waals surface area contributed by atoms with Crippen LogP contribution in [0.15, 0.2) is 67.0 Å². The molecule has 5 rings (SSSR count). The highest BCUT2D eigenvalue weighted by Crippen LogP contribution is 2.35. The maximum Gasteiger partial charge on any atom is 0.116 e. The van der Waals surface area contributed by atoms with Crippen LogP contribution in [0.2, 0.25) is 0 Å². The summed E-state index contributed by atoms with van der Waals surface area (Å²) in [5.74, 6) is 0.264. The van der Waals surface area contributed by atoms with E-state index in [2.05, 4.69) is 45.9 Å². The summed E-state index contributed by atoms with van der Waals surface area (Å²) in [4.78, 5) is 4.54. The van der Waals surface area contributed by atoms with Crippen molar-refractivity contribution in [1.82, 2.24) is 9.38 Å². The van der Waals surface area contributed by atoms with Crippen molar-refractivity contribution in [2.24, 2.45) is 0 Å². The van der Waals surface area contributed by atoms with E-state index in [0.717, 1.165) is 27.3 Å². The van der Waals surface area contributed by atoms with Gasteiger partial charge in [-0.25, -0.2) is 0 Å². The van der Waals surface area contributed by atoms with E-state index >= 15 is 0 Å². The van der Waals surface area contributed by atoms with Crippen LogP contribution in [0, 0.1) is 0 Å². The van der Waals surface area contributed by atoms with Crippen molar-refractivity contribution in [3.8, 4) is 5.75 Å². The lowest BCUT2D eigenvalue weighted by atomic mass is 10.1. The standard InChI is InChI=1S/C19H12N2O/c22-13-7-8-15-16(10-13)18-17(6-3-9-20-18)21-11-12-4-1-2-5-14(12)19(15)21/h1-11,22H. The van der Waals surface area contributed by atoms with Crippen LogP contribution in [0.1, 0.15) is 0 Å². The molecular formula is C19H12N2O. The molecule has 1 N–H and O–H groups in total. The highest BCUT2D eigenvalue weighted by atomic mass is 16.3. The summed E-state index contributed by atoms with van der Waals surface area (Å²) in [7, 11) is 0. The first-order valence-corrected chi connectivity index (χ1v) is 7.22. The molecule has 0 radical (unpaired) electrons. The molecule has 3 heteroatoms. The van der Waals surface area contributed by atoms with E-state index < -0.39 is 0 Å². The maximum atomic E-state index is 9.89. The number of rotatable bonds is 0. The van der Waals surface area contributed by atoms with E-state index in [-0.39, 0.29) is 5.75 Å². The molecule has 0 aliphatic heterocycles. The van der Waals surface area contributed by atoms with Gasteiger partial charge in [0, 0.05) is 33.9 Å². The third-order valence-corrected chi connectivity index (χ3v) is 4.28. The van der Waals surface area contributed by atoms with Gasteiger partial charge in [0.05, 0.1) is 16.6 Å². The molecule has 0 saturated carbocycles. The van der Waals surface area contributed by atoms with Crippen molar-refractivity contribution in [3.63, 3.8) is 0 Å². The molecule has 5 aromatic rings. The van der Waals surface area contributed by atoms with Crippen LogP contribution in [0.3, 0.4) is 0 Å². The van der Waals surface area contributed by atoms with E-state index in [0.29, 0.717) is 0 Å². The number of hydrogen-bond donors (Lipinski definition) is 1. The third kappa shape index (κ3) is 1.37. The number of benzene rings is 2. The van der Waals surface area contributed by atoms with Gasteiger partial charge in [0.25, 0.3) is 0 Å². The van der Waals surface area contributed by atoms with Gasteiger partial charge in [-0.2, -0.15) is 0 Å². The second-order valence-electron chi connectivity index (χ2n) is 5.54. The zero-order chi connectivity index (χ0) is 14.7. The first-order chi connectivity index (χ1) is 10.8. The van der Waals surface area contributed by atoms with E-state index in [1.807, 2.05) is 12.1 Å². The van der Waals surface area contributed by atoms with Gasteiger partial charge in [-0.1, -0.05) is 24.3 Å². The summed E-state index contributed by atoms with van der Waals surface area (Å²) in [6, 6.07) is 17.9. The SMILES string of the molecule is Oc1ccc2c(c1)c1ncccc1n1cc3ccccc3c21. The zero-order valence-corrected chi connectivity index (χ0v) is 11.7. The molecule has 3 aromatic heterocycles. The van der Waals surface area contributed by atoms with Gasteiger partial charge in [-0.3, -0.25) is 4.98 Å². The van der Waals surface area contributed by atoms with Gasteiger partial charge >= 0.3 is 0 Å². The Bertz CT molecular complexity index is 1190. The normalized spacial score (nSPS) is 11.8. The molecule has 0 aliphatic rings. The summed E-state index contributed by atoms with van der Waals surface area (Å²) in [5, 5.41) is 14.4. The molecule has 0 amide bonds. The van der Waals surface area contributed by atoms with Crippen molar-refractivity contribution >= 4 is 38.1 Å². The van der Waals surface area contributed by atoms with Crippen molar-refractivity contribution in [3.05, 3.63) is 67.0 Å². The molecule has 0 bridgehead atoms. The van der Waals surface area contributed by atoms with Gasteiger partial charge < -0.3 is 9.51 Å². The number of fused-ring (bicyclic) bond motifs is 8. The average Bonchev–Trinajstić information content (AvgIpc) is 2.95. The Balaban J connectivity index is 2.23. The fourth-order valence-corrected chi connectivity index (χ4v) is 3.36. The van der Waals surface area contributed by atoms with E-state index in [9.17, 15) is 5.11 Å². The van der Waals surface area contributed by atoms with Crippen molar-refractivity contribution in [2.45, 2.75) is 0 Å². The maximum absolute atomic E-state index is 9.89.